The summed E-state index contributed by atoms with van der Waals surface area (Å²) in [6, 6.07) is 11.8. The lowest BCUT2D eigenvalue weighted by Gasteiger charge is -2.09. The molecule has 5 nitrogen and oxygen atoms in total. The Hall–Kier alpha value is -2.14. The van der Waals surface area contributed by atoms with E-state index in [4.69, 9.17) is 5.73 Å². The molecule has 0 aliphatic carbocycles. The van der Waals surface area contributed by atoms with Gasteiger partial charge in [0.2, 0.25) is 0 Å². The van der Waals surface area contributed by atoms with Gasteiger partial charge in [-0.3, -0.25) is 0 Å². The summed E-state index contributed by atoms with van der Waals surface area (Å²) < 4.78 is 0. The Morgan fingerprint density at radius 1 is 1.11 bits per heavy atom. The van der Waals surface area contributed by atoms with Crippen LogP contribution in [0.5, 0.6) is 0 Å². The minimum absolute atomic E-state index is 0.574. The molecular weight excluding hydrogens is 226 g/mol. The molecule has 1 aromatic heterocycles. The zero-order valence-corrected chi connectivity index (χ0v) is 10.4. The van der Waals surface area contributed by atoms with Crippen LogP contribution < -0.4 is 16.4 Å². The maximum Gasteiger partial charge on any atom is 0.136 e. The third-order valence-electron chi connectivity index (χ3n) is 2.33. The fourth-order valence-electron chi connectivity index (χ4n) is 1.59. The quantitative estimate of drug-likeness (QED) is 0.747. The molecule has 0 spiro atoms. The van der Waals surface area contributed by atoms with Crippen LogP contribution in [0.3, 0.4) is 0 Å². The first-order chi connectivity index (χ1) is 8.78. The predicted molar refractivity (Wildman–Crippen MR) is 74.0 cm³/mol. The van der Waals surface area contributed by atoms with E-state index in [1.54, 1.807) is 0 Å². The molecule has 2 rings (SSSR count). The van der Waals surface area contributed by atoms with Crippen LogP contribution in [0.4, 0.5) is 17.3 Å². The average molecular weight is 243 g/mol. The molecule has 0 amide bonds. The first-order valence-corrected chi connectivity index (χ1v) is 5.89. The molecule has 0 fully saturated rings. The molecule has 0 saturated carbocycles. The minimum Gasteiger partial charge on any atom is -0.369 e. The van der Waals surface area contributed by atoms with Crippen molar-refractivity contribution in [2.45, 2.75) is 6.92 Å². The van der Waals surface area contributed by atoms with Gasteiger partial charge in [-0.05, 0) is 19.1 Å². The highest BCUT2D eigenvalue weighted by Crippen LogP contribution is 2.16. The number of aryl methyl sites for hydroxylation is 1. The van der Waals surface area contributed by atoms with E-state index in [1.165, 1.54) is 0 Å². The second kappa shape index (κ2) is 5.97. The number of hydrogen-bond acceptors (Lipinski definition) is 5. The molecular formula is C13H17N5. The first kappa shape index (κ1) is 12.3. The molecule has 94 valence electrons. The molecule has 4 N–H and O–H groups in total. The number of rotatable bonds is 5. The monoisotopic (exact) mass is 243 g/mol. The van der Waals surface area contributed by atoms with Crippen LogP contribution in [0.15, 0.2) is 36.4 Å². The van der Waals surface area contributed by atoms with E-state index < -0.39 is 0 Å². The number of nitrogens with zero attached hydrogens (tertiary/aromatic N) is 2. The number of benzene rings is 1. The lowest BCUT2D eigenvalue weighted by molar-refractivity contribution is 0.987. The van der Waals surface area contributed by atoms with E-state index in [9.17, 15) is 0 Å². The first-order valence-electron chi connectivity index (χ1n) is 5.89. The Balaban J connectivity index is 2.15. The van der Waals surface area contributed by atoms with E-state index in [-0.39, 0.29) is 0 Å². The smallest absolute Gasteiger partial charge is 0.136 e. The Morgan fingerprint density at radius 3 is 2.56 bits per heavy atom. The third kappa shape index (κ3) is 3.43. The highest BCUT2D eigenvalue weighted by molar-refractivity contribution is 5.58. The van der Waals surface area contributed by atoms with Crippen LogP contribution in [0, 0.1) is 6.92 Å². The van der Waals surface area contributed by atoms with E-state index in [0.29, 0.717) is 13.1 Å². The summed E-state index contributed by atoms with van der Waals surface area (Å²) >= 11 is 0. The second-order valence-electron chi connectivity index (χ2n) is 3.89. The number of nitrogens with one attached hydrogen (secondary N) is 2. The topological polar surface area (TPSA) is 75.9 Å². The fraction of sp³-hybridized carbons (Fsp3) is 0.231. The average Bonchev–Trinajstić information content (AvgIpc) is 2.37. The van der Waals surface area contributed by atoms with Crippen LogP contribution in [-0.2, 0) is 0 Å². The van der Waals surface area contributed by atoms with Crippen molar-refractivity contribution in [2.24, 2.45) is 5.73 Å². The Bertz CT molecular complexity index is 498. The SMILES string of the molecule is Cc1nc(NCCN)cc(Nc2ccccc2)n1. The summed E-state index contributed by atoms with van der Waals surface area (Å²) in [4.78, 5) is 8.64. The summed E-state index contributed by atoms with van der Waals surface area (Å²) in [6.07, 6.45) is 0. The van der Waals surface area contributed by atoms with Gasteiger partial charge in [0.25, 0.3) is 0 Å². The van der Waals surface area contributed by atoms with Crippen molar-refractivity contribution in [3.63, 3.8) is 0 Å². The highest BCUT2D eigenvalue weighted by Gasteiger charge is 2.01. The van der Waals surface area contributed by atoms with Gasteiger partial charge in [-0.2, -0.15) is 0 Å². The Morgan fingerprint density at radius 2 is 1.83 bits per heavy atom. The molecule has 0 radical (unpaired) electrons. The number of anilines is 3. The maximum atomic E-state index is 5.45. The predicted octanol–water partition coefficient (Wildman–Crippen LogP) is 1.90. The lowest BCUT2D eigenvalue weighted by atomic mass is 10.3. The van der Waals surface area contributed by atoms with Gasteiger partial charge in [-0.25, -0.2) is 9.97 Å². The third-order valence-corrected chi connectivity index (χ3v) is 2.33. The molecule has 1 aromatic carbocycles. The van der Waals surface area contributed by atoms with Crippen molar-refractivity contribution < 1.29 is 0 Å². The summed E-state index contributed by atoms with van der Waals surface area (Å²) in [6.45, 7) is 3.13. The zero-order chi connectivity index (χ0) is 12.8. The van der Waals surface area contributed by atoms with Crippen molar-refractivity contribution in [2.75, 3.05) is 23.7 Å². The van der Waals surface area contributed by atoms with Gasteiger partial charge in [-0.15, -0.1) is 0 Å². The molecule has 0 saturated heterocycles. The van der Waals surface area contributed by atoms with Gasteiger partial charge < -0.3 is 16.4 Å². The van der Waals surface area contributed by atoms with E-state index >= 15 is 0 Å². The van der Waals surface area contributed by atoms with Gasteiger partial charge >= 0.3 is 0 Å². The van der Waals surface area contributed by atoms with Crippen LogP contribution in [0.1, 0.15) is 5.82 Å². The summed E-state index contributed by atoms with van der Waals surface area (Å²) in [5.74, 6) is 2.27. The molecule has 5 heteroatoms. The van der Waals surface area contributed by atoms with Gasteiger partial charge in [0.1, 0.15) is 17.5 Å². The number of nitrogens with two attached hydrogens (primary N) is 1. The highest BCUT2D eigenvalue weighted by atomic mass is 15.1. The maximum absolute atomic E-state index is 5.45. The van der Waals surface area contributed by atoms with Crippen LogP contribution >= 0.6 is 0 Å². The fourth-order valence-corrected chi connectivity index (χ4v) is 1.59. The summed E-state index contributed by atoms with van der Waals surface area (Å²) in [7, 11) is 0. The Labute approximate surface area is 106 Å². The van der Waals surface area contributed by atoms with E-state index in [0.717, 1.165) is 23.1 Å². The standard InChI is InChI=1S/C13H17N5/c1-10-16-12(15-8-7-14)9-13(17-10)18-11-5-3-2-4-6-11/h2-6,9H,7-8,14H2,1H3,(H2,15,16,17,18). The van der Waals surface area contributed by atoms with Gasteiger partial charge in [0.05, 0.1) is 0 Å². The molecule has 0 aliphatic rings. The van der Waals surface area contributed by atoms with Crippen molar-refractivity contribution >= 4 is 17.3 Å². The summed E-state index contributed by atoms with van der Waals surface area (Å²) in [5.41, 5.74) is 6.45. The van der Waals surface area contributed by atoms with Gasteiger partial charge in [0, 0.05) is 24.8 Å². The van der Waals surface area contributed by atoms with Crippen LogP contribution in [0.2, 0.25) is 0 Å². The van der Waals surface area contributed by atoms with Crippen LogP contribution in [0.25, 0.3) is 0 Å². The number of aromatic nitrogens is 2. The molecule has 2 aromatic rings. The Kier molecular flexibility index (Phi) is 4.09. The molecule has 1 heterocycles. The zero-order valence-electron chi connectivity index (χ0n) is 10.4. The molecule has 0 bridgehead atoms. The van der Waals surface area contributed by atoms with Gasteiger partial charge in [-0.1, -0.05) is 18.2 Å². The number of para-hydroxylation sites is 1. The van der Waals surface area contributed by atoms with Crippen molar-refractivity contribution in [3.05, 3.63) is 42.2 Å². The molecule has 18 heavy (non-hydrogen) atoms. The minimum atomic E-state index is 0.574. The number of hydrogen-bond donors (Lipinski definition) is 3. The van der Waals surface area contributed by atoms with Crippen molar-refractivity contribution in [3.8, 4) is 0 Å². The van der Waals surface area contributed by atoms with Crippen molar-refractivity contribution in [1.82, 2.24) is 9.97 Å². The normalized spacial score (nSPS) is 10.1. The molecule has 0 aliphatic heterocycles. The molecule has 0 unspecified atom stereocenters. The second-order valence-corrected chi connectivity index (χ2v) is 3.89. The van der Waals surface area contributed by atoms with E-state index in [2.05, 4.69) is 20.6 Å². The summed E-state index contributed by atoms with van der Waals surface area (Å²) in [5, 5.41) is 6.38. The molecule has 0 atom stereocenters. The largest absolute Gasteiger partial charge is 0.369 e. The van der Waals surface area contributed by atoms with Gasteiger partial charge in [0.15, 0.2) is 0 Å². The van der Waals surface area contributed by atoms with Crippen molar-refractivity contribution in [1.29, 1.82) is 0 Å². The van der Waals surface area contributed by atoms with E-state index in [1.807, 2.05) is 43.3 Å². The lowest BCUT2D eigenvalue weighted by Crippen LogP contribution is -2.14. The van der Waals surface area contributed by atoms with Crippen LogP contribution in [-0.4, -0.2) is 23.1 Å².